The van der Waals surface area contributed by atoms with Crippen LogP contribution in [-0.2, 0) is 6.42 Å². The minimum Gasteiger partial charge on any atom is -0.311 e. The maximum atomic E-state index is 4.75. The number of nitrogens with zero attached hydrogens (tertiary/aromatic N) is 3. The Morgan fingerprint density at radius 2 is 2.10 bits per heavy atom. The molecule has 0 aliphatic heterocycles. The first-order valence-corrected chi connectivity index (χ1v) is 8.05. The van der Waals surface area contributed by atoms with E-state index >= 15 is 0 Å². The highest BCUT2D eigenvalue weighted by atomic mass is 32.1. The summed E-state index contributed by atoms with van der Waals surface area (Å²) >= 11 is 1.76. The molecule has 0 fully saturated rings. The van der Waals surface area contributed by atoms with Crippen molar-refractivity contribution in [2.45, 2.75) is 32.4 Å². The van der Waals surface area contributed by atoms with Crippen molar-refractivity contribution in [3.05, 3.63) is 47.2 Å². The minimum absolute atomic E-state index is 0.229. The molecule has 0 saturated carbocycles. The molecule has 0 bridgehead atoms. The number of hydrogen-bond acceptors (Lipinski definition) is 4. The Bertz CT molecular complexity index is 696. The van der Waals surface area contributed by atoms with E-state index in [2.05, 4.69) is 48.7 Å². The summed E-state index contributed by atoms with van der Waals surface area (Å²) in [5.41, 5.74) is 2.32. The number of thiazole rings is 1. The molecule has 2 heterocycles. The lowest BCUT2D eigenvalue weighted by molar-refractivity contribution is 0.530. The molecule has 5 heteroatoms. The van der Waals surface area contributed by atoms with E-state index in [0.29, 0.717) is 6.04 Å². The van der Waals surface area contributed by atoms with Crippen LogP contribution in [0, 0.1) is 0 Å². The van der Waals surface area contributed by atoms with Gasteiger partial charge in [0.25, 0.3) is 0 Å². The average Bonchev–Trinajstić information content (AvgIpc) is 3.11. The molecule has 3 rings (SSSR count). The molecule has 110 valence electrons. The standard InChI is InChI=1S/C16H20N4S/c1-11(2)20-10-12(9-18-20)8-14(17-3)16-19-13-6-4-5-7-15(13)21-16/h4-7,9-11,14,17H,8H2,1-3H3. The Balaban J connectivity index is 1.83. The van der Waals surface area contributed by atoms with Gasteiger partial charge in [0.05, 0.1) is 22.5 Å². The fraction of sp³-hybridized carbons (Fsp3) is 0.375. The second-order valence-electron chi connectivity index (χ2n) is 5.49. The van der Waals surface area contributed by atoms with Gasteiger partial charge in [-0.05, 0) is 45.0 Å². The number of rotatable bonds is 5. The van der Waals surface area contributed by atoms with Crippen molar-refractivity contribution in [2.75, 3.05) is 7.05 Å². The number of nitrogens with one attached hydrogen (secondary N) is 1. The van der Waals surface area contributed by atoms with Crippen molar-refractivity contribution in [3.8, 4) is 0 Å². The molecular formula is C16H20N4S. The van der Waals surface area contributed by atoms with Crippen molar-refractivity contribution < 1.29 is 0 Å². The Labute approximate surface area is 128 Å². The molecule has 0 spiro atoms. The predicted octanol–water partition coefficient (Wildman–Crippen LogP) is 3.58. The molecule has 1 atom stereocenters. The molecule has 1 N–H and O–H groups in total. The lowest BCUT2D eigenvalue weighted by Gasteiger charge is -2.11. The molecule has 1 aromatic carbocycles. The number of aromatic nitrogens is 3. The van der Waals surface area contributed by atoms with Crippen LogP contribution in [0.1, 0.15) is 36.5 Å². The van der Waals surface area contributed by atoms with Gasteiger partial charge in [-0.2, -0.15) is 5.10 Å². The van der Waals surface area contributed by atoms with Crippen molar-refractivity contribution in [2.24, 2.45) is 0 Å². The van der Waals surface area contributed by atoms with E-state index in [9.17, 15) is 0 Å². The van der Waals surface area contributed by atoms with E-state index in [-0.39, 0.29) is 6.04 Å². The van der Waals surface area contributed by atoms with Gasteiger partial charge in [0.15, 0.2) is 0 Å². The molecular weight excluding hydrogens is 280 g/mol. The first-order valence-electron chi connectivity index (χ1n) is 7.23. The first kappa shape index (κ1) is 14.2. The largest absolute Gasteiger partial charge is 0.311 e. The summed E-state index contributed by atoms with van der Waals surface area (Å²) in [5.74, 6) is 0. The lowest BCUT2D eigenvalue weighted by Crippen LogP contribution is -2.18. The summed E-state index contributed by atoms with van der Waals surface area (Å²) in [4.78, 5) is 4.75. The molecule has 4 nitrogen and oxygen atoms in total. The summed E-state index contributed by atoms with van der Waals surface area (Å²) in [7, 11) is 1.99. The minimum atomic E-state index is 0.229. The zero-order chi connectivity index (χ0) is 14.8. The van der Waals surface area contributed by atoms with Gasteiger partial charge in [-0.15, -0.1) is 11.3 Å². The third-order valence-electron chi connectivity index (χ3n) is 3.58. The van der Waals surface area contributed by atoms with Crippen LogP contribution in [0.5, 0.6) is 0 Å². The monoisotopic (exact) mass is 300 g/mol. The molecule has 0 aliphatic rings. The predicted molar refractivity (Wildman–Crippen MR) is 87.7 cm³/mol. The van der Waals surface area contributed by atoms with E-state index in [4.69, 9.17) is 4.98 Å². The number of hydrogen-bond donors (Lipinski definition) is 1. The van der Waals surface area contributed by atoms with Crippen molar-refractivity contribution in [3.63, 3.8) is 0 Å². The molecule has 0 radical (unpaired) electrons. The third kappa shape index (κ3) is 2.99. The van der Waals surface area contributed by atoms with Gasteiger partial charge < -0.3 is 5.32 Å². The highest BCUT2D eigenvalue weighted by Crippen LogP contribution is 2.28. The smallest absolute Gasteiger partial charge is 0.111 e. The van der Waals surface area contributed by atoms with Crippen LogP contribution in [0.15, 0.2) is 36.7 Å². The maximum absolute atomic E-state index is 4.75. The summed E-state index contributed by atoms with van der Waals surface area (Å²) in [5, 5.41) is 8.92. The molecule has 0 amide bonds. The van der Waals surface area contributed by atoms with E-state index in [0.717, 1.165) is 16.9 Å². The van der Waals surface area contributed by atoms with Gasteiger partial charge in [0, 0.05) is 12.2 Å². The number of benzene rings is 1. The Morgan fingerprint density at radius 1 is 1.29 bits per heavy atom. The summed E-state index contributed by atoms with van der Waals surface area (Å²) in [6.45, 7) is 4.28. The third-order valence-corrected chi connectivity index (χ3v) is 4.73. The Kier molecular flexibility index (Phi) is 4.03. The number of para-hydroxylation sites is 1. The van der Waals surface area contributed by atoms with Crippen LogP contribution in [-0.4, -0.2) is 21.8 Å². The van der Waals surface area contributed by atoms with E-state index < -0.39 is 0 Å². The zero-order valence-corrected chi connectivity index (χ0v) is 13.4. The van der Waals surface area contributed by atoms with E-state index in [1.54, 1.807) is 11.3 Å². The number of likely N-dealkylation sites (N-methyl/N-ethyl adjacent to an activating group) is 1. The highest BCUT2D eigenvalue weighted by molar-refractivity contribution is 7.18. The first-order chi connectivity index (χ1) is 10.2. The van der Waals surface area contributed by atoms with Crippen LogP contribution < -0.4 is 5.32 Å². The fourth-order valence-electron chi connectivity index (χ4n) is 2.35. The quantitative estimate of drug-likeness (QED) is 0.783. The van der Waals surface area contributed by atoms with Gasteiger partial charge in [-0.25, -0.2) is 4.98 Å². The molecule has 1 unspecified atom stereocenters. The molecule has 0 saturated heterocycles. The second kappa shape index (κ2) is 5.95. The molecule has 3 aromatic rings. The fourth-order valence-corrected chi connectivity index (χ4v) is 3.43. The molecule has 2 aromatic heterocycles. The van der Waals surface area contributed by atoms with Crippen LogP contribution in [0.2, 0.25) is 0 Å². The van der Waals surface area contributed by atoms with Gasteiger partial charge in [0.2, 0.25) is 0 Å². The molecule has 21 heavy (non-hydrogen) atoms. The SMILES string of the molecule is CNC(Cc1cnn(C(C)C)c1)c1nc2ccccc2s1. The topological polar surface area (TPSA) is 42.7 Å². The van der Waals surface area contributed by atoms with Crippen molar-refractivity contribution >= 4 is 21.6 Å². The van der Waals surface area contributed by atoms with E-state index in [1.165, 1.54) is 10.3 Å². The number of fused-ring (bicyclic) bond motifs is 1. The van der Waals surface area contributed by atoms with Crippen molar-refractivity contribution in [1.82, 2.24) is 20.1 Å². The summed E-state index contributed by atoms with van der Waals surface area (Å²) in [6.07, 6.45) is 4.99. The van der Waals surface area contributed by atoms with Crippen LogP contribution in [0.4, 0.5) is 0 Å². The average molecular weight is 300 g/mol. The van der Waals surface area contributed by atoms with Gasteiger partial charge in [-0.1, -0.05) is 12.1 Å². The van der Waals surface area contributed by atoms with Crippen LogP contribution in [0.3, 0.4) is 0 Å². The Morgan fingerprint density at radius 3 is 2.76 bits per heavy atom. The summed E-state index contributed by atoms with van der Waals surface area (Å²) < 4.78 is 3.24. The molecule has 0 aliphatic carbocycles. The second-order valence-corrected chi connectivity index (χ2v) is 6.55. The van der Waals surface area contributed by atoms with Gasteiger partial charge in [0.1, 0.15) is 5.01 Å². The van der Waals surface area contributed by atoms with Gasteiger partial charge >= 0.3 is 0 Å². The van der Waals surface area contributed by atoms with Crippen LogP contribution >= 0.6 is 11.3 Å². The Hall–Kier alpha value is -1.72. The zero-order valence-electron chi connectivity index (χ0n) is 12.6. The van der Waals surface area contributed by atoms with E-state index in [1.807, 2.05) is 24.0 Å². The summed E-state index contributed by atoms with van der Waals surface area (Å²) in [6, 6.07) is 8.92. The highest BCUT2D eigenvalue weighted by Gasteiger charge is 2.16. The van der Waals surface area contributed by atoms with Crippen LogP contribution in [0.25, 0.3) is 10.2 Å². The lowest BCUT2D eigenvalue weighted by atomic mass is 10.1. The van der Waals surface area contributed by atoms with Gasteiger partial charge in [-0.3, -0.25) is 4.68 Å². The maximum Gasteiger partial charge on any atom is 0.111 e. The van der Waals surface area contributed by atoms with Crippen molar-refractivity contribution in [1.29, 1.82) is 0 Å². The normalized spacial score (nSPS) is 13.1.